The van der Waals surface area contributed by atoms with Gasteiger partial charge in [0, 0.05) is 31.0 Å². The maximum atomic E-state index is 6.20. The minimum atomic E-state index is 0.406. The zero-order valence-electron chi connectivity index (χ0n) is 9.56. The Morgan fingerprint density at radius 2 is 2.38 bits per heavy atom. The summed E-state index contributed by atoms with van der Waals surface area (Å²) < 4.78 is 0. The van der Waals surface area contributed by atoms with Gasteiger partial charge >= 0.3 is 0 Å². The van der Waals surface area contributed by atoms with Crippen molar-refractivity contribution in [1.29, 1.82) is 0 Å². The summed E-state index contributed by atoms with van der Waals surface area (Å²) >= 11 is 6.20. The second-order valence-corrected chi connectivity index (χ2v) is 4.81. The van der Waals surface area contributed by atoms with Gasteiger partial charge in [-0.15, -0.1) is 0 Å². The van der Waals surface area contributed by atoms with Crippen molar-refractivity contribution in [2.75, 3.05) is 11.4 Å². The van der Waals surface area contributed by atoms with E-state index in [1.165, 1.54) is 12.8 Å². The Hall–Kier alpha value is -0.800. The smallest absolute Gasteiger partial charge is 0.0822 e. The van der Waals surface area contributed by atoms with Gasteiger partial charge in [0.15, 0.2) is 0 Å². The van der Waals surface area contributed by atoms with Gasteiger partial charge in [-0.1, -0.05) is 11.6 Å². The summed E-state index contributed by atoms with van der Waals surface area (Å²) in [6.07, 6.45) is 7.10. The van der Waals surface area contributed by atoms with Gasteiger partial charge in [0.05, 0.1) is 10.7 Å². The number of nitrogens with zero attached hydrogens (tertiary/aromatic N) is 2. The molecule has 1 fully saturated rings. The summed E-state index contributed by atoms with van der Waals surface area (Å²) in [6, 6.07) is 2.89. The number of anilines is 1. The summed E-state index contributed by atoms with van der Waals surface area (Å²) in [6.45, 7) is 2.92. The Balaban J connectivity index is 2.32. The molecule has 0 spiro atoms. The van der Waals surface area contributed by atoms with Crippen LogP contribution in [-0.4, -0.2) is 23.6 Å². The third-order valence-corrected chi connectivity index (χ3v) is 3.62. The number of aromatic nitrogens is 1. The lowest BCUT2D eigenvalue weighted by Gasteiger charge is -2.42. The molecule has 88 valence electrons. The molecule has 4 heteroatoms. The van der Waals surface area contributed by atoms with Crippen LogP contribution in [0, 0.1) is 0 Å². The lowest BCUT2D eigenvalue weighted by Crippen LogP contribution is -2.49. The van der Waals surface area contributed by atoms with Crippen LogP contribution in [0.1, 0.15) is 26.2 Å². The summed E-state index contributed by atoms with van der Waals surface area (Å²) in [5, 5.41) is 0.717. The number of rotatable bonds is 2. The lowest BCUT2D eigenvalue weighted by atomic mass is 9.96. The van der Waals surface area contributed by atoms with Crippen LogP contribution in [-0.2, 0) is 0 Å². The van der Waals surface area contributed by atoms with Gasteiger partial charge in [-0.3, -0.25) is 4.98 Å². The van der Waals surface area contributed by atoms with Crippen LogP contribution in [0.2, 0.25) is 5.02 Å². The Morgan fingerprint density at radius 3 is 3.06 bits per heavy atom. The molecular weight excluding hydrogens is 222 g/mol. The molecule has 0 aliphatic carbocycles. The van der Waals surface area contributed by atoms with E-state index in [9.17, 15) is 0 Å². The van der Waals surface area contributed by atoms with Gasteiger partial charge < -0.3 is 10.6 Å². The molecule has 16 heavy (non-hydrogen) atoms. The second kappa shape index (κ2) is 5.02. The molecule has 2 rings (SSSR count). The normalized spacial score (nSPS) is 25.8. The first kappa shape index (κ1) is 11.7. The molecule has 0 radical (unpaired) electrons. The molecule has 0 amide bonds. The first-order chi connectivity index (χ1) is 7.74. The van der Waals surface area contributed by atoms with E-state index < -0.39 is 0 Å². The maximum absolute atomic E-state index is 6.20. The molecule has 1 aliphatic heterocycles. The van der Waals surface area contributed by atoms with E-state index in [1.807, 2.05) is 6.07 Å². The highest BCUT2D eigenvalue weighted by molar-refractivity contribution is 6.33. The van der Waals surface area contributed by atoms with E-state index in [1.54, 1.807) is 12.4 Å². The predicted octanol–water partition coefficient (Wildman–Crippen LogP) is 2.44. The summed E-state index contributed by atoms with van der Waals surface area (Å²) in [7, 11) is 0. The third kappa shape index (κ3) is 2.15. The van der Waals surface area contributed by atoms with E-state index in [-0.39, 0.29) is 0 Å². The topological polar surface area (TPSA) is 42.1 Å². The highest BCUT2D eigenvalue weighted by atomic mass is 35.5. The van der Waals surface area contributed by atoms with Crippen LogP contribution in [0.5, 0.6) is 0 Å². The van der Waals surface area contributed by atoms with E-state index in [2.05, 4.69) is 16.8 Å². The number of pyridine rings is 1. The van der Waals surface area contributed by atoms with Crippen LogP contribution in [0.4, 0.5) is 5.69 Å². The molecule has 3 nitrogen and oxygen atoms in total. The fraction of sp³-hybridized carbons (Fsp3) is 0.583. The predicted molar refractivity (Wildman–Crippen MR) is 67.9 cm³/mol. The van der Waals surface area contributed by atoms with Crippen LogP contribution < -0.4 is 10.6 Å². The molecule has 2 N–H and O–H groups in total. The van der Waals surface area contributed by atoms with E-state index in [0.29, 0.717) is 18.6 Å². The number of piperidine rings is 1. The standard InChI is InChI=1S/C12H18ClN3/c1-9-3-2-4-10(7-14)16(9)12-5-6-15-8-11(12)13/h5-6,8-10H,2-4,7,14H2,1H3. The quantitative estimate of drug-likeness (QED) is 0.862. The van der Waals surface area contributed by atoms with Crippen molar-refractivity contribution in [2.24, 2.45) is 5.73 Å². The molecule has 2 heterocycles. The van der Waals surface area contributed by atoms with Crippen molar-refractivity contribution in [2.45, 2.75) is 38.3 Å². The number of hydrogen-bond acceptors (Lipinski definition) is 3. The minimum Gasteiger partial charge on any atom is -0.363 e. The zero-order chi connectivity index (χ0) is 11.5. The largest absolute Gasteiger partial charge is 0.363 e. The third-order valence-electron chi connectivity index (χ3n) is 3.33. The van der Waals surface area contributed by atoms with Crippen LogP contribution >= 0.6 is 11.6 Å². The number of nitrogens with two attached hydrogens (primary N) is 1. The monoisotopic (exact) mass is 239 g/mol. The highest BCUT2D eigenvalue weighted by Gasteiger charge is 2.28. The number of hydrogen-bond donors (Lipinski definition) is 1. The average Bonchev–Trinajstić information content (AvgIpc) is 2.30. The molecule has 0 aromatic carbocycles. The van der Waals surface area contributed by atoms with Crippen molar-refractivity contribution in [3.63, 3.8) is 0 Å². The molecule has 2 atom stereocenters. The van der Waals surface area contributed by atoms with Crippen LogP contribution in [0.25, 0.3) is 0 Å². The fourth-order valence-electron chi connectivity index (χ4n) is 2.53. The van der Waals surface area contributed by atoms with E-state index in [4.69, 9.17) is 17.3 Å². The molecule has 0 bridgehead atoms. The average molecular weight is 240 g/mol. The molecule has 1 aliphatic rings. The maximum Gasteiger partial charge on any atom is 0.0822 e. The van der Waals surface area contributed by atoms with Crippen molar-refractivity contribution in [3.8, 4) is 0 Å². The minimum absolute atomic E-state index is 0.406. The number of halogens is 1. The Labute approximate surface area is 102 Å². The van der Waals surface area contributed by atoms with E-state index in [0.717, 1.165) is 17.1 Å². The van der Waals surface area contributed by atoms with Crippen LogP contribution in [0.15, 0.2) is 18.5 Å². The molecular formula is C12H18ClN3. The first-order valence-corrected chi connectivity index (χ1v) is 6.19. The van der Waals surface area contributed by atoms with Crippen LogP contribution in [0.3, 0.4) is 0 Å². The van der Waals surface area contributed by atoms with Gasteiger partial charge in [0.1, 0.15) is 0 Å². The molecule has 1 aromatic heterocycles. The van der Waals surface area contributed by atoms with Crippen molar-refractivity contribution >= 4 is 17.3 Å². The molecule has 2 unspecified atom stereocenters. The molecule has 0 saturated carbocycles. The fourth-order valence-corrected chi connectivity index (χ4v) is 2.75. The molecule has 1 saturated heterocycles. The SMILES string of the molecule is CC1CCCC(CN)N1c1ccncc1Cl. The highest BCUT2D eigenvalue weighted by Crippen LogP contribution is 2.33. The Bertz CT molecular complexity index is 356. The summed E-state index contributed by atoms with van der Waals surface area (Å²) in [5.41, 5.74) is 6.91. The summed E-state index contributed by atoms with van der Waals surface area (Å²) in [4.78, 5) is 6.38. The van der Waals surface area contributed by atoms with Crippen molar-refractivity contribution in [1.82, 2.24) is 4.98 Å². The Morgan fingerprint density at radius 1 is 1.56 bits per heavy atom. The second-order valence-electron chi connectivity index (χ2n) is 4.40. The van der Waals surface area contributed by atoms with Crippen molar-refractivity contribution < 1.29 is 0 Å². The van der Waals surface area contributed by atoms with Gasteiger partial charge in [-0.05, 0) is 32.3 Å². The van der Waals surface area contributed by atoms with Gasteiger partial charge in [0.25, 0.3) is 0 Å². The van der Waals surface area contributed by atoms with Crippen molar-refractivity contribution in [3.05, 3.63) is 23.5 Å². The Kier molecular flexibility index (Phi) is 3.66. The van der Waals surface area contributed by atoms with Gasteiger partial charge in [0.2, 0.25) is 0 Å². The first-order valence-electron chi connectivity index (χ1n) is 5.82. The van der Waals surface area contributed by atoms with Gasteiger partial charge in [-0.25, -0.2) is 0 Å². The van der Waals surface area contributed by atoms with Gasteiger partial charge in [-0.2, -0.15) is 0 Å². The summed E-state index contributed by atoms with van der Waals surface area (Å²) in [5.74, 6) is 0. The zero-order valence-corrected chi connectivity index (χ0v) is 10.3. The molecule has 1 aromatic rings. The van der Waals surface area contributed by atoms with E-state index >= 15 is 0 Å². The lowest BCUT2D eigenvalue weighted by molar-refractivity contribution is 0.401.